The number of carbonyl (C=O) groups excluding carboxylic acids is 2. The van der Waals surface area contributed by atoms with Crippen LogP contribution in [-0.2, 0) is 9.59 Å². The standard InChI is InChI=1S/C16H23N3O3/c1-11-5-6-14(13(17)10-11)18-15(21)16(22)19-8-3-2-4-12(19)7-9-20/h5-6,10,12,20H,2-4,7-9,17H2,1H3,(H,18,21). The van der Waals surface area contributed by atoms with Gasteiger partial charge in [0.15, 0.2) is 0 Å². The van der Waals surface area contributed by atoms with Crippen LogP contribution < -0.4 is 11.1 Å². The van der Waals surface area contributed by atoms with Crippen LogP contribution in [0.25, 0.3) is 0 Å². The summed E-state index contributed by atoms with van der Waals surface area (Å²) in [7, 11) is 0. The molecule has 2 amide bonds. The molecule has 1 atom stereocenters. The van der Waals surface area contributed by atoms with Gasteiger partial charge in [0.1, 0.15) is 0 Å². The lowest BCUT2D eigenvalue weighted by Crippen LogP contribution is -2.48. The molecule has 0 aromatic heterocycles. The van der Waals surface area contributed by atoms with Gasteiger partial charge in [0.25, 0.3) is 0 Å². The quantitative estimate of drug-likeness (QED) is 0.579. The second-order valence-electron chi connectivity index (χ2n) is 5.71. The summed E-state index contributed by atoms with van der Waals surface area (Å²) in [5, 5.41) is 11.7. The topological polar surface area (TPSA) is 95.7 Å². The number of anilines is 2. The maximum Gasteiger partial charge on any atom is 0.313 e. The van der Waals surface area contributed by atoms with Crippen LogP contribution in [-0.4, -0.2) is 41.0 Å². The Morgan fingerprint density at radius 3 is 2.86 bits per heavy atom. The first kappa shape index (κ1) is 16.3. The van der Waals surface area contributed by atoms with Gasteiger partial charge in [-0.15, -0.1) is 0 Å². The highest BCUT2D eigenvalue weighted by molar-refractivity contribution is 6.39. The SMILES string of the molecule is Cc1ccc(NC(=O)C(=O)N2CCCCC2CCO)c(N)c1. The van der Waals surface area contributed by atoms with Crippen molar-refractivity contribution in [3.63, 3.8) is 0 Å². The number of amides is 2. The molecule has 1 aliphatic rings. The molecule has 0 aliphatic carbocycles. The van der Waals surface area contributed by atoms with Crippen molar-refractivity contribution in [3.8, 4) is 0 Å². The molecule has 22 heavy (non-hydrogen) atoms. The number of nitrogens with one attached hydrogen (secondary N) is 1. The minimum atomic E-state index is -0.680. The molecule has 0 radical (unpaired) electrons. The van der Waals surface area contributed by atoms with Crippen LogP contribution >= 0.6 is 0 Å². The van der Waals surface area contributed by atoms with Crippen molar-refractivity contribution < 1.29 is 14.7 Å². The Hall–Kier alpha value is -2.08. The van der Waals surface area contributed by atoms with Crippen molar-refractivity contribution in [3.05, 3.63) is 23.8 Å². The highest BCUT2D eigenvalue weighted by Gasteiger charge is 2.30. The predicted octanol–water partition coefficient (Wildman–Crippen LogP) is 1.28. The summed E-state index contributed by atoms with van der Waals surface area (Å²) in [4.78, 5) is 26.1. The lowest BCUT2D eigenvalue weighted by molar-refractivity contribution is -0.146. The summed E-state index contributed by atoms with van der Waals surface area (Å²) in [5.74, 6) is -1.24. The first-order valence-corrected chi connectivity index (χ1v) is 7.62. The third kappa shape index (κ3) is 3.76. The fourth-order valence-electron chi connectivity index (χ4n) is 2.82. The second-order valence-corrected chi connectivity index (χ2v) is 5.71. The molecule has 1 aromatic rings. The van der Waals surface area contributed by atoms with E-state index < -0.39 is 11.8 Å². The lowest BCUT2D eigenvalue weighted by Gasteiger charge is -2.35. The van der Waals surface area contributed by atoms with Crippen LogP contribution in [0.15, 0.2) is 18.2 Å². The first-order valence-electron chi connectivity index (χ1n) is 7.62. The van der Waals surface area contributed by atoms with Crippen molar-refractivity contribution in [1.29, 1.82) is 0 Å². The molecule has 4 N–H and O–H groups in total. The zero-order valence-electron chi connectivity index (χ0n) is 12.8. The fraction of sp³-hybridized carbons (Fsp3) is 0.500. The number of rotatable bonds is 3. The smallest absolute Gasteiger partial charge is 0.313 e. The van der Waals surface area contributed by atoms with E-state index in [4.69, 9.17) is 10.8 Å². The number of aliphatic hydroxyl groups excluding tert-OH is 1. The summed E-state index contributed by atoms with van der Waals surface area (Å²) >= 11 is 0. The zero-order chi connectivity index (χ0) is 16.1. The summed E-state index contributed by atoms with van der Waals surface area (Å²) in [6.07, 6.45) is 3.23. The molecule has 0 spiro atoms. The van der Waals surface area contributed by atoms with E-state index in [1.165, 1.54) is 0 Å². The van der Waals surface area contributed by atoms with Gasteiger partial charge in [-0.3, -0.25) is 9.59 Å². The maximum atomic E-state index is 12.4. The number of nitrogen functional groups attached to an aromatic ring is 1. The third-order valence-corrected chi connectivity index (χ3v) is 4.00. The van der Waals surface area contributed by atoms with Gasteiger partial charge in [0.05, 0.1) is 11.4 Å². The van der Waals surface area contributed by atoms with Gasteiger partial charge in [-0.1, -0.05) is 6.07 Å². The number of nitrogens with zero attached hydrogens (tertiary/aromatic N) is 1. The normalized spacial score (nSPS) is 18.1. The van der Waals surface area contributed by atoms with Crippen molar-refractivity contribution in [2.75, 3.05) is 24.2 Å². The van der Waals surface area contributed by atoms with Gasteiger partial charge >= 0.3 is 11.8 Å². The summed E-state index contributed by atoms with van der Waals surface area (Å²) in [6.45, 7) is 2.47. The number of hydrogen-bond acceptors (Lipinski definition) is 4. The fourth-order valence-corrected chi connectivity index (χ4v) is 2.82. The van der Waals surface area contributed by atoms with E-state index in [2.05, 4.69) is 5.32 Å². The number of nitrogens with two attached hydrogens (primary N) is 1. The number of benzene rings is 1. The van der Waals surface area contributed by atoms with E-state index in [-0.39, 0.29) is 12.6 Å². The molecule has 1 unspecified atom stereocenters. The number of likely N-dealkylation sites (tertiary alicyclic amines) is 1. The predicted molar refractivity (Wildman–Crippen MR) is 85.3 cm³/mol. The van der Waals surface area contributed by atoms with Crippen molar-refractivity contribution >= 4 is 23.2 Å². The van der Waals surface area contributed by atoms with E-state index in [9.17, 15) is 9.59 Å². The molecule has 6 heteroatoms. The minimum absolute atomic E-state index is 0.0149. The van der Waals surface area contributed by atoms with Crippen LogP contribution in [0.4, 0.5) is 11.4 Å². The van der Waals surface area contributed by atoms with E-state index in [0.717, 1.165) is 24.8 Å². The van der Waals surface area contributed by atoms with Crippen LogP contribution in [0.3, 0.4) is 0 Å². The third-order valence-electron chi connectivity index (χ3n) is 4.00. The Bertz CT molecular complexity index is 558. The molecule has 120 valence electrons. The molecule has 2 rings (SSSR count). The van der Waals surface area contributed by atoms with Gasteiger partial charge in [-0.25, -0.2) is 0 Å². The Balaban J connectivity index is 2.06. The molecule has 1 aromatic carbocycles. The number of aryl methyl sites for hydroxylation is 1. The molecule has 1 aliphatic heterocycles. The molecular weight excluding hydrogens is 282 g/mol. The van der Waals surface area contributed by atoms with Crippen LogP contribution in [0.2, 0.25) is 0 Å². The molecule has 1 saturated heterocycles. The Labute approximate surface area is 130 Å². The number of carbonyl (C=O) groups is 2. The molecule has 0 bridgehead atoms. The Morgan fingerprint density at radius 2 is 2.18 bits per heavy atom. The Morgan fingerprint density at radius 1 is 1.41 bits per heavy atom. The number of hydrogen-bond donors (Lipinski definition) is 3. The van der Waals surface area contributed by atoms with Gasteiger partial charge < -0.3 is 21.1 Å². The lowest BCUT2D eigenvalue weighted by atomic mass is 9.99. The number of aliphatic hydroxyl groups is 1. The number of piperidine rings is 1. The summed E-state index contributed by atoms with van der Waals surface area (Å²) in [6, 6.07) is 5.20. The van der Waals surface area contributed by atoms with Crippen LogP contribution in [0, 0.1) is 6.92 Å². The Kier molecular flexibility index (Phi) is 5.38. The van der Waals surface area contributed by atoms with Crippen molar-refractivity contribution in [2.24, 2.45) is 0 Å². The van der Waals surface area contributed by atoms with Gasteiger partial charge in [-0.05, 0) is 50.3 Å². The van der Waals surface area contributed by atoms with Crippen LogP contribution in [0.1, 0.15) is 31.2 Å². The van der Waals surface area contributed by atoms with E-state index in [1.54, 1.807) is 17.0 Å². The van der Waals surface area contributed by atoms with Crippen molar-refractivity contribution in [2.45, 2.75) is 38.6 Å². The summed E-state index contributed by atoms with van der Waals surface area (Å²) < 4.78 is 0. The van der Waals surface area contributed by atoms with E-state index in [1.807, 2.05) is 13.0 Å². The highest BCUT2D eigenvalue weighted by atomic mass is 16.3. The van der Waals surface area contributed by atoms with E-state index in [0.29, 0.717) is 24.3 Å². The second kappa shape index (κ2) is 7.26. The maximum absolute atomic E-state index is 12.4. The molecule has 0 saturated carbocycles. The molecular formula is C16H23N3O3. The first-order chi connectivity index (χ1) is 10.5. The highest BCUT2D eigenvalue weighted by Crippen LogP contribution is 2.22. The largest absolute Gasteiger partial charge is 0.397 e. The van der Waals surface area contributed by atoms with Crippen molar-refractivity contribution in [1.82, 2.24) is 4.90 Å². The van der Waals surface area contributed by atoms with Gasteiger partial charge in [-0.2, -0.15) is 0 Å². The van der Waals surface area contributed by atoms with E-state index >= 15 is 0 Å². The average Bonchev–Trinajstić information content (AvgIpc) is 2.50. The van der Waals surface area contributed by atoms with Crippen LogP contribution in [0.5, 0.6) is 0 Å². The zero-order valence-corrected chi connectivity index (χ0v) is 12.8. The summed E-state index contributed by atoms with van der Waals surface area (Å²) in [5.41, 5.74) is 7.72. The van der Waals surface area contributed by atoms with Gasteiger partial charge in [0, 0.05) is 19.2 Å². The van der Waals surface area contributed by atoms with Gasteiger partial charge in [0.2, 0.25) is 0 Å². The molecule has 6 nitrogen and oxygen atoms in total. The minimum Gasteiger partial charge on any atom is -0.397 e. The molecule has 1 heterocycles. The monoisotopic (exact) mass is 305 g/mol. The molecule has 1 fully saturated rings. The average molecular weight is 305 g/mol.